The molecule has 2 amide bonds. The Labute approximate surface area is 147 Å². The van der Waals surface area contributed by atoms with Gasteiger partial charge in [0, 0.05) is 30.7 Å². The number of amides is 2. The summed E-state index contributed by atoms with van der Waals surface area (Å²) >= 11 is 1.81. The van der Waals surface area contributed by atoms with E-state index in [0.29, 0.717) is 13.0 Å². The SMILES string of the molecule is CC(=O)Nc1ccc(CC(=O)NCCSCc2ccccc2)cc1. The minimum absolute atomic E-state index is 0.0163. The molecule has 2 rings (SSSR count). The van der Waals surface area contributed by atoms with Gasteiger partial charge in [-0.25, -0.2) is 0 Å². The molecule has 0 aliphatic rings. The summed E-state index contributed by atoms with van der Waals surface area (Å²) < 4.78 is 0. The van der Waals surface area contributed by atoms with E-state index in [0.717, 1.165) is 22.8 Å². The number of benzene rings is 2. The first-order chi connectivity index (χ1) is 11.6. The molecule has 0 unspecified atom stereocenters. The third-order valence-corrected chi connectivity index (χ3v) is 4.35. The molecule has 0 aliphatic carbocycles. The summed E-state index contributed by atoms with van der Waals surface area (Å²) in [5.74, 6) is 1.76. The maximum Gasteiger partial charge on any atom is 0.224 e. The largest absolute Gasteiger partial charge is 0.355 e. The third-order valence-electron chi connectivity index (χ3n) is 3.32. The molecule has 5 heteroatoms. The summed E-state index contributed by atoms with van der Waals surface area (Å²) in [7, 11) is 0. The van der Waals surface area contributed by atoms with Crippen LogP contribution in [0.15, 0.2) is 54.6 Å². The third kappa shape index (κ3) is 6.87. The van der Waals surface area contributed by atoms with Gasteiger partial charge in [0.2, 0.25) is 11.8 Å². The van der Waals surface area contributed by atoms with E-state index in [9.17, 15) is 9.59 Å². The molecule has 2 aromatic rings. The van der Waals surface area contributed by atoms with E-state index in [1.54, 1.807) is 12.1 Å². The number of nitrogens with one attached hydrogen (secondary N) is 2. The van der Waals surface area contributed by atoms with E-state index >= 15 is 0 Å². The predicted octanol–water partition coefficient (Wildman–Crippen LogP) is 3.24. The molecule has 0 spiro atoms. The van der Waals surface area contributed by atoms with Gasteiger partial charge in [0.25, 0.3) is 0 Å². The molecular formula is C19H22N2O2S. The summed E-state index contributed by atoms with van der Waals surface area (Å²) in [6, 6.07) is 17.6. The van der Waals surface area contributed by atoms with Crippen LogP contribution in [0.3, 0.4) is 0 Å². The van der Waals surface area contributed by atoms with Crippen molar-refractivity contribution >= 4 is 29.3 Å². The first-order valence-electron chi connectivity index (χ1n) is 7.88. The van der Waals surface area contributed by atoms with Crippen LogP contribution in [0.1, 0.15) is 18.1 Å². The molecule has 2 N–H and O–H groups in total. The molecule has 0 radical (unpaired) electrons. The molecule has 0 aromatic heterocycles. The van der Waals surface area contributed by atoms with Crippen molar-refractivity contribution in [3.05, 3.63) is 65.7 Å². The lowest BCUT2D eigenvalue weighted by Crippen LogP contribution is -2.27. The molecule has 24 heavy (non-hydrogen) atoms. The summed E-state index contributed by atoms with van der Waals surface area (Å²) in [5.41, 5.74) is 2.97. The lowest BCUT2D eigenvalue weighted by molar-refractivity contribution is -0.120. The molecule has 0 fully saturated rings. The van der Waals surface area contributed by atoms with Crippen LogP contribution in [0, 0.1) is 0 Å². The van der Waals surface area contributed by atoms with Gasteiger partial charge >= 0.3 is 0 Å². The molecule has 0 saturated heterocycles. The van der Waals surface area contributed by atoms with Crippen molar-refractivity contribution in [3.8, 4) is 0 Å². The van der Waals surface area contributed by atoms with Gasteiger partial charge < -0.3 is 10.6 Å². The molecule has 0 atom stereocenters. The van der Waals surface area contributed by atoms with Gasteiger partial charge in [-0.05, 0) is 23.3 Å². The Morgan fingerprint density at radius 1 is 0.958 bits per heavy atom. The maximum atomic E-state index is 11.9. The molecule has 0 heterocycles. The Bertz CT molecular complexity index is 657. The van der Waals surface area contributed by atoms with E-state index in [4.69, 9.17) is 0 Å². The second-order valence-electron chi connectivity index (χ2n) is 5.44. The maximum absolute atomic E-state index is 11.9. The van der Waals surface area contributed by atoms with Crippen LogP contribution in [-0.2, 0) is 21.8 Å². The van der Waals surface area contributed by atoms with Gasteiger partial charge in [0.05, 0.1) is 6.42 Å². The average molecular weight is 342 g/mol. The monoisotopic (exact) mass is 342 g/mol. The highest BCUT2D eigenvalue weighted by Gasteiger charge is 2.03. The highest BCUT2D eigenvalue weighted by molar-refractivity contribution is 7.98. The van der Waals surface area contributed by atoms with Crippen molar-refractivity contribution in [2.24, 2.45) is 0 Å². The Hall–Kier alpha value is -2.27. The van der Waals surface area contributed by atoms with Crippen molar-refractivity contribution in [3.63, 3.8) is 0 Å². The van der Waals surface area contributed by atoms with E-state index in [-0.39, 0.29) is 11.8 Å². The smallest absolute Gasteiger partial charge is 0.224 e. The molecule has 2 aromatic carbocycles. The van der Waals surface area contributed by atoms with E-state index in [1.807, 2.05) is 42.1 Å². The standard InChI is InChI=1S/C19H22N2O2S/c1-15(22)21-18-9-7-16(8-10-18)13-19(23)20-11-12-24-14-17-5-3-2-4-6-17/h2-10H,11-14H2,1H3,(H,20,23)(H,21,22). The molecule has 126 valence electrons. The van der Waals surface area contributed by atoms with E-state index < -0.39 is 0 Å². The van der Waals surface area contributed by atoms with E-state index in [1.165, 1.54) is 12.5 Å². The van der Waals surface area contributed by atoms with Crippen LogP contribution >= 0.6 is 11.8 Å². The number of hydrogen-bond donors (Lipinski definition) is 2. The minimum Gasteiger partial charge on any atom is -0.355 e. The minimum atomic E-state index is -0.103. The second kappa shape index (κ2) is 9.78. The van der Waals surface area contributed by atoms with Crippen LogP contribution in [-0.4, -0.2) is 24.1 Å². The molecule has 0 aliphatic heterocycles. The highest BCUT2D eigenvalue weighted by atomic mass is 32.2. The number of thioether (sulfide) groups is 1. The molecular weight excluding hydrogens is 320 g/mol. The first kappa shape index (κ1) is 18.1. The van der Waals surface area contributed by atoms with Gasteiger partial charge in [-0.15, -0.1) is 0 Å². The van der Waals surface area contributed by atoms with Crippen molar-refractivity contribution in [2.75, 3.05) is 17.6 Å². The zero-order chi connectivity index (χ0) is 17.2. The molecule has 4 nitrogen and oxygen atoms in total. The normalized spacial score (nSPS) is 10.2. The lowest BCUT2D eigenvalue weighted by Gasteiger charge is -2.07. The summed E-state index contributed by atoms with van der Waals surface area (Å²) in [6.45, 7) is 2.14. The number of rotatable bonds is 8. The van der Waals surface area contributed by atoms with Crippen LogP contribution in [0.25, 0.3) is 0 Å². The topological polar surface area (TPSA) is 58.2 Å². The zero-order valence-corrected chi connectivity index (χ0v) is 14.6. The van der Waals surface area contributed by atoms with Gasteiger partial charge in [-0.2, -0.15) is 11.8 Å². The summed E-state index contributed by atoms with van der Waals surface area (Å²) in [6.07, 6.45) is 0.351. The number of anilines is 1. The fourth-order valence-electron chi connectivity index (χ4n) is 2.18. The Balaban J connectivity index is 1.63. The Morgan fingerprint density at radius 3 is 2.33 bits per heavy atom. The Morgan fingerprint density at radius 2 is 1.67 bits per heavy atom. The van der Waals surface area contributed by atoms with Gasteiger partial charge in [-0.3, -0.25) is 9.59 Å². The highest BCUT2D eigenvalue weighted by Crippen LogP contribution is 2.11. The van der Waals surface area contributed by atoms with Crippen LogP contribution in [0.2, 0.25) is 0 Å². The van der Waals surface area contributed by atoms with Crippen LogP contribution in [0.4, 0.5) is 5.69 Å². The zero-order valence-electron chi connectivity index (χ0n) is 13.7. The summed E-state index contributed by atoms with van der Waals surface area (Å²) in [5, 5.41) is 5.64. The summed E-state index contributed by atoms with van der Waals surface area (Å²) in [4.78, 5) is 22.9. The predicted molar refractivity (Wildman–Crippen MR) is 100 cm³/mol. The van der Waals surface area contributed by atoms with Gasteiger partial charge in [-0.1, -0.05) is 42.5 Å². The van der Waals surface area contributed by atoms with Crippen LogP contribution < -0.4 is 10.6 Å². The van der Waals surface area contributed by atoms with Crippen molar-refractivity contribution in [1.82, 2.24) is 5.32 Å². The van der Waals surface area contributed by atoms with Gasteiger partial charge in [0.1, 0.15) is 0 Å². The second-order valence-corrected chi connectivity index (χ2v) is 6.55. The number of carbonyl (C=O) groups is 2. The quantitative estimate of drug-likeness (QED) is 0.724. The van der Waals surface area contributed by atoms with E-state index in [2.05, 4.69) is 22.8 Å². The fraction of sp³-hybridized carbons (Fsp3) is 0.263. The molecule has 0 bridgehead atoms. The van der Waals surface area contributed by atoms with Crippen molar-refractivity contribution in [1.29, 1.82) is 0 Å². The lowest BCUT2D eigenvalue weighted by atomic mass is 10.1. The van der Waals surface area contributed by atoms with Crippen molar-refractivity contribution in [2.45, 2.75) is 19.1 Å². The average Bonchev–Trinajstić information content (AvgIpc) is 2.57. The number of hydrogen-bond acceptors (Lipinski definition) is 3. The van der Waals surface area contributed by atoms with Gasteiger partial charge in [0.15, 0.2) is 0 Å². The number of carbonyl (C=O) groups excluding carboxylic acids is 2. The van der Waals surface area contributed by atoms with Crippen LogP contribution in [0.5, 0.6) is 0 Å². The fourth-order valence-corrected chi connectivity index (χ4v) is 3.00. The Kier molecular flexibility index (Phi) is 7.36. The molecule has 0 saturated carbocycles. The first-order valence-corrected chi connectivity index (χ1v) is 9.04. The van der Waals surface area contributed by atoms with Crippen molar-refractivity contribution < 1.29 is 9.59 Å².